The lowest BCUT2D eigenvalue weighted by Crippen LogP contribution is -2.06. The largest absolute Gasteiger partial charge is 0.478 e. The summed E-state index contributed by atoms with van der Waals surface area (Å²) in [5.74, 6) is 0.554. The minimum absolute atomic E-state index is 0.0791. The lowest BCUT2D eigenvalue weighted by atomic mass is 10.1. The molecule has 0 saturated carbocycles. The lowest BCUT2D eigenvalue weighted by molar-refractivity contribution is 0.0697. The van der Waals surface area contributed by atoms with Gasteiger partial charge in [0.15, 0.2) is 5.82 Å². The molecule has 3 rings (SSSR count). The number of aromatic nitrogens is 2. The van der Waals surface area contributed by atoms with Crippen molar-refractivity contribution in [2.24, 2.45) is 0 Å². The molecule has 5 nitrogen and oxygen atoms in total. The molecule has 0 unspecified atom stereocenters. The van der Waals surface area contributed by atoms with E-state index in [0.717, 1.165) is 5.56 Å². The third-order valence-electron chi connectivity index (χ3n) is 3.54. The van der Waals surface area contributed by atoms with Crippen LogP contribution in [-0.4, -0.2) is 21.0 Å². The minimum atomic E-state index is -1.24. The molecule has 3 N–H and O–H groups in total. The third kappa shape index (κ3) is 2.49. The van der Waals surface area contributed by atoms with Crippen LogP contribution in [0.5, 0.6) is 0 Å². The fourth-order valence-corrected chi connectivity index (χ4v) is 2.36. The number of carboxylic acid groups (broad SMARTS) is 1. The van der Waals surface area contributed by atoms with Crippen molar-refractivity contribution in [2.75, 3.05) is 5.32 Å². The van der Waals surface area contributed by atoms with Crippen molar-refractivity contribution in [3.05, 3.63) is 53.1 Å². The van der Waals surface area contributed by atoms with Gasteiger partial charge >= 0.3 is 5.97 Å². The van der Waals surface area contributed by atoms with Crippen molar-refractivity contribution in [2.45, 2.75) is 6.92 Å². The number of nitrogens with zero attached hydrogens (tertiary/aromatic N) is 1. The highest BCUT2D eigenvalue weighted by Gasteiger charge is 2.20. The highest BCUT2D eigenvalue weighted by molar-refractivity contribution is 6.00. The SMILES string of the molecule is C#Cc1ccc(Nc2c(C(=O)O)cc3[nH]cnc3c2F)c(C)c1. The standard InChI is InChI=1S/C17H12FN3O2/c1-3-10-4-5-12(9(2)6-10)21-15-11(17(22)23)7-13-16(14(15)18)20-8-19-13/h1,4-8,21H,2H3,(H,19,20)(H,22,23). The monoisotopic (exact) mass is 309 g/mol. The lowest BCUT2D eigenvalue weighted by Gasteiger charge is -2.13. The Kier molecular flexibility index (Phi) is 3.47. The van der Waals surface area contributed by atoms with Gasteiger partial charge in [0, 0.05) is 11.3 Å². The van der Waals surface area contributed by atoms with Gasteiger partial charge in [0.05, 0.1) is 23.1 Å². The molecule has 0 spiro atoms. The highest BCUT2D eigenvalue weighted by Crippen LogP contribution is 2.31. The Balaban J connectivity index is 2.15. The number of H-pyrrole nitrogens is 1. The number of anilines is 2. The molecule has 0 amide bonds. The number of aromatic carboxylic acids is 1. The van der Waals surface area contributed by atoms with Crippen molar-refractivity contribution >= 4 is 28.4 Å². The molecule has 3 aromatic rings. The molecule has 0 aliphatic rings. The number of carbonyl (C=O) groups is 1. The van der Waals surface area contributed by atoms with Crippen molar-refractivity contribution in [1.82, 2.24) is 9.97 Å². The first-order valence-electron chi connectivity index (χ1n) is 6.74. The number of hydrogen-bond donors (Lipinski definition) is 3. The molecule has 6 heteroatoms. The van der Waals surface area contributed by atoms with Crippen LogP contribution in [0, 0.1) is 25.1 Å². The third-order valence-corrected chi connectivity index (χ3v) is 3.54. The first-order valence-corrected chi connectivity index (χ1v) is 6.74. The van der Waals surface area contributed by atoms with E-state index in [9.17, 15) is 14.3 Å². The Morgan fingerprint density at radius 1 is 1.43 bits per heavy atom. The van der Waals surface area contributed by atoms with E-state index in [1.807, 2.05) is 0 Å². The Hall–Kier alpha value is -3.33. The van der Waals surface area contributed by atoms with E-state index >= 15 is 0 Å². The second kappa shape index (κ2) is 5.46. The molecule has 0 atom stereocenters. The maximum absolute atomic E-state index is 14.6. The number of aromatic amines is 1. The van der Waals surface area contributed by atoms with Crippen molar-refractivity contribution in [3.8, 4) is 12.3 Å². The van der Waals surface area contributed by atoms with E-state index in [2.05, 4.69) is 21.2 Å². The van der Waals surface area contributed by atoms with Gasteiger partial charge in [0.25, 0.3) is 0 Å². The number of rotatable bonds is 3. The first-order chi connectivity index (χ1) is 11.0. The average Bonchev–Trinajstić information content (AvgIpc) is 3.00. The van der Waals surface area contributed by atoms with E-state index in [1.54, 1.807) is 25.1 Å². The van der Waals surface area contributed by atoms with Gasteiger partial charge in [-0.2, -0.15) is 0 Å². The van der Waals surface area contributed by atoms with Gasteiger partial charge < -0.3 is 15.4 Å². The van der Waals surface area contributed by atoms with E-state index in [4.69, 9.17) is 6.42 Å². The van der Waals surface area contributed by atoms with Gasteiger partial charge in [0.1, 0.15) is 5.52 Å². The second-order valence-corrected chi connectivity index (χ2v) is 5.02. The van der Waals surface area contributed by atoms with Gasteiger partial charge in [0.2, 0.25) is 0 Å². The van der Waals surface area contributed by atoms with Crippen LogP contribution in [-0.2, 0) is 0 Å². The predicted octanol–water partition coefficient (Wildman–Crippen LogP) is 3.43. The number of aryl methyl sites for hydroxylation is 1. The van der Waals surface area contributed by atoms with Gasteiger partial charge in [-0.15, -0.1) is 6.42 Å². The number of terminal acetylenes is 1. The number of imidazole rings is 1. The number of nitrogens with one attached hydrogen (secondary N) is 2. The van der Waals surface area contributed by atoms with Crippen molar-refractivity contribution in [3.63, 3.8) is 0 Å². The quantitative estimate of drug-likeness (QED) is 0.648. The summed E-state index contributed by atoms with van der Waals surface area (Å²) < 4.78 is 14.6. The molecule has 114 valence electrons. The van der Waals surface area contributed by atoms with E-state index in [-0.39, 0.29) is 16.8 Å². The van der Waals surface area contributed by atoms with Crippen LogP contribution in [0.2, 0.25) is 0 Å². The van der Waals surface area contributed by atoms with Crippen LogP contribution in [0.3, 0.4) is 0 Å². The Bertz CT molecular complexity index is 970. The molecule has 23 heavy (non-hydrogen) atoms. The summed E-state index contributed by atoms with van der Waals surface area (Å²) in [4.78, 5) is 18.0. The van der Waals surface area contributed by atoms with E-state index < -0.39 is 11.8 Å². The first kappa shape index (κ1) is 14.6. The molecule has 0 fully saturated rings. The number of fused-ring (bicyclic) bond motifs is 1. The Labute approximate surface area is 131 Å². The zero-order valence-electron chi connectivity index (χ0n) is 12.1. The summed E-state index contributed by atoms with van der Waals surface area (Å²) in [7, 11) is 0. The molecule has 2 aromatic carbocycles. The molecule has 0 aliphatic heterocycles. The van der Waals surface area contributed by atoms with Crippen molar-refractivity contribution < 1.29 is 14.3 Å². The maximum Gasteiger partial charge on any atom is 0.338 e. The van der Waals surface area contributed by atoms with Crippen LogP contribution in [0.25, 0.3) is 11.0 Å². The molecule has 0 aliphatic carbocycles. The van der Waals surface area contributed by atoms with Gasteiger partial charge in [-0.1, -0.05) is 5.92 Å². The summed E-state index contributed by atoms with van der Waals surface area (Å²) in [6.45, 7) is 1.80. The van der Waals surface area contributed by atoms with Gasteiger partial charge in [-0.05, 0) is 36.8 Å². The molecule has 0 bridgehead atoms. The number of halogens is 1. The Morgan fingerprint density at radius 2 is 2.22 bits per heavy atom. The topological polar surface area (TPSA) is 78.0 Å². The van der Waals surface area contributed by atoms with Crippen LogP contribution in [0.15, 0.2) is 30.6 Å². The molecular weight excluding hydrogens is 297 g/mol. The van der Waals surface area contributed by atoms with Gasteiger partial charge in [-0.25, -0.2) is 14.2 Å². The summed E-state index contributed by atoms with van der Waals surface area (Å²) in [5, 5.41) is 12.2. The summed E-state index contributed by atoms with van der Waals surface area (Å²) in [6, 6.07) is 6.49. The van der Waals surface area contributed by atoms with Gasteiger partial charge in [-0.3, -0.25) is 0 Å². The summed E-state index contributed by atoms with van der Waals surface area (Å²) >= 11 is 0. The molecule has 0 saturated heterocycles. The van der Waals surface area contributed by atoms with Crippen LogP contribution in [0.4, 0.5) is 15.8 Å². The van der Waals surface area contributed by atoms with Crippen LogP contribution >= 0.6 is 0 Å². The molecule has 0 radical (unpaired) electrons. The maximum atomic E-state index is 14.6. The predicted molar refractivity (Wildman–Crippen MR) is 85.4 cm³/mol. The minimum Gasteiger partial charge on any atom is -0.478 e. The number of hydrogen-bond acceptors (Lipinski definition) is 3. The number of carboxylic acids is 1. The van der Waals surface area contributed by atoms with Crippen molar-refractivity contribution in [1.29, 1.82) is 0 Å². The smallest absolute Gasteiger partial charge is 0.338 e. The zero-order valence-corrected chi connectivity index (χ0v) is 12.1. The highest BCUT2D eigenvalue weighted by atomic mass is 19.1. The number of benzene rings is 2. The summed E-state index contributed by atoms with van der Waals surface area (Å²) in [5.41, 5.74) is 2.13. The second-order valence-electron chi connectivity index (χ2n) is 5.02. The van der Waals surface area contributed by atoms with E-state index in [1.165, 1.54) is 12.4 Å². The Morgan fingerprint density at radius 3 is 2.87 bits per heavy atom. The molecule has 1 heterocycles. The fraction of sp³-hybridized carbons (Fsp3) is 0.0588. The van der Waals surface area contributed by atoms with Crippen LogP contribution < -0.4 is 5.32 Å². The average molecular weight is 309 g/mol. The van der Waals surface area contributed by atoms with Crippen LogP contribution in [0.1, 0.15) is 21.5 Å². The summed E-state index contributed by atoms with van der Waals surface area (Å²) in [6.07, 6.45) is 6.66. The fourth-order valence-electron chi connectivity index (χ4n) is 2.36. The molecular formula is C17H12FN3O2. The normalized spacial score (nSPS) is 10.5. The zero-order chi connectivity index (χ0) is 16.6. The van der Waals surface area contributed by atoms with E-state index in [0.29, 0.717) is 16.8 Å². The molecule has 1 aromatic heterocycles.